The van der Waals surface area contributed by atoms with Gasteiger partial charge in [0.2, 0.25) is 17.7 Å². The van der Waals surface area contributed by atoms with E-state index in [1.807, 2.05) is 0 Å². The number of amides is 3. The number of fused-ring (bicyclic) bond motifs is 8. The quantitative estimate of drug-likeness (QED) is 0.272. The van der Waals surface area contributed by atoms with Crippen LogP contribution in [0.3, 0.4) is 0 Å². The maximum Gasteiger partial charge on any atom is 0.358 e. The number of aromatic hydroxyl groups is 1. The molecule has 4 heterocycles. The Bertz CT molecular complexity index is 1890. The van der Waals surface area contributed by atoms with Crippen molar-refractivity contribution in [1.82, 2.24) is 30.5 Å². The van der Waals surface area contributed by atoms with Crippen molar-refractivity contribution in [2.75, 3.05) is 20.8 Å². The largest absolute Gasteiger partial charge is 0.504 e. The van der Waals surface area contributed by atoms with Crippen LogP contribution < -0.4 is 20.1 Å². The number of oxazole rings is 1. The van der Waals surface area contributed by atoms with E-state index in [9.17, 15) is 24.3 Å². The maximum atomic E-state index is 13.6. The number of nitrogens with one attached hydrogen (secondary N) is 2. The number of rotatable bonds is 4. The second kappa shape index (κ2) is 13.4. The molecule has 48 heavy (non-hydrogen) atoms. The fraction of sp³-hybridized carbons (Fsp3) is 0.303. The Morgan fingerprint density at radius 2 is 1.83 bits per heavy atom. The average molecular weight is 657 g/mol. The van der Waals surface area contributed by atoms with Crippen molar-refractivity contribution >= 4 is 23.7 Å². The zero-order chi connectivity index (χ0) is 33.9. The lowest BCUT2D eigenvalue weighted by Gasteiger charge is -2.24. The van der Waals surface area contributed by atoms with Crippen molar-refractivity contribution < 1.29 is 42.9 Å². The highest BCUT2D eigenvalue weighted by Crippen LogP contribution is 2.39. The van der Waals surface area contributed by atoms with Gasteiger partial charge in [-0.05, 0) is 55.7 Å². The number of hydrogen-bond donors (Lipinski definition) is 3. The molecule has 4 aromatic rings. The number of phenolic OH excluding ortho intramolecular Hbond substituents is 1. The van der Waals surface area contributed by atoms with E-state index in [1.54, 1.807) is 37.3 Å². The molecule has 3 amide bonds. The fourth-order valence-corrected chi connectivity index (χ4v) is 5.58. The Morgan fingerprint density at radius 3 is 2.58 bits per heavy atom. The van der Waals surface area contributed by atoms with E-state index in [1.165, 1.54) is 25.2 Å². The van der Waals surface area contributed by atoms with Gasteiger partial charge < -0.3 is 39.3 Å². The molecule has 2 aliphatic heterocycles. The van der Waals surface area contributed by atoms with Crippen molar-refractivity contribution in [3.05, 3.63) is 77.2 Å². The number of esters is 1. The number of carbonyl (C=O) groups is 4. The van der Waals surface area contributed by atoms with Crippen LogP contribution in [-0.4, -0.2) is 81.5 Å². The first kappa shape index (κ1) is 32.0. The van der Waals surface area contributed by atoms with Gasteiger partial charge in [-0.1, -0.05) is 6.07 Å². The van der Waals surface area contributed by atoms with Crippen LogP contribution in [0, 0.1) is 6.92 Å². The highest BCUT2D eigenvalue weighted by molar-refractivity contribution is 5.94. The summed E-state index contributed by atoms with van der Waals surface area (Å²) < 4.78 is 22.1. The number of aryl methyl sites for hydroxylation is 2. The van der Waals surface area contributed by atoms with E-state index in [-0.39, 0.29) is 67.0 Å². The molecular formula is C33H32N6O9. The molecule has 2 aromatic carbocycles. The number of ether oxygens (including phenoxy) is 3. The second-order valence-electron chi connectivity index (χ2n) is 11.3. The van der Waals surface area contributed by atoms with E-state index in [0.29, 0.717) is 34.1 Å². The van der Waals surface area contributed by atoms with Crippen LogP contribution in [0.1, 0.15) is 50.8 Å². The highest BCUT2D eigenvalue weighted by atomic mass is 16.5. The molecule has 248 valence electrons. The second-order valence-corrected chi connectivity index (χ2v) is 11.3. The number of nitrogens with zero attached hydrogens (tertiary/aromatic N) is 4. The minimum absolute atomic E-state index is 0.0316. The van der Waals surface area contributed by atoms with Gasteiger partial charge in [0.25, 0.3) is 5.91 Å². The lowest BCUT2D eigenvalue weighted by atomic mass is 10.1. The number of phenols is 1. The molecule has 15 heteroatoms. The molecule has 0 aliphatic carbocycles. The first-order chi connectivity index (χ1) is 23.1. The maximum absolute atomic E-state index is 13.6. The zero-order valence-electron chi connectivity index (χ0n) is 26.3. The van der Waals surface area contributed by atoms with Gasteiger partial charge in [-0.2, -0.15) is 0 Å². The van der Waals surface area contributed by atoms with Crippen LogP contribution in [0.4, 0.5) is 0 Å². The third-order valence-electron chi connectivity index (χ3n) is 8.14. The Balaban J connectivity index is 1.27. The summed E-state index contributed by atoms with van der Waals surface area (Å²) in [5, 5.41) is 16.3. The number of hydrogen-bond acceptors (Lipinski definition) is 12. The fourth-order valence-electron chi connectivity index (χ4n) is 5.58. The number of methoxy groups -OCH3 is 2. The summed E-state index contributed by atoms with van der Waals surface area (Å²) >= 11 is 0. The van der Waals surface area contributed by atoms with Crippen LogP contribution in [0.15, 0.2) is 53.2 Å². The first-order valence-electron chi connectivity index (χ1n) is 15.1. The first-order valence-corrected chi connectivity index (χ1v) is 15.1. The number of carbonyl (C=O) groups excluding carboxylic acids is 4. The van der Waals surface area contributed by atoms with Gasteiger partial charge >= 0.3 is 5.97 Å². The van der Waals surface area contributed by atoms with Crippen LogP contribution in [-0.2, 0) is 27.3 Å². The molecule has 1 saturated heterocycles. The minimum atomic E-state index is -0.885. The van der Waals surface area contributed by atoms with E-state index >= 15 is 0 Å². The molecule has 0 saturated carbocycles. The molecule has 2 atom stereocenters. The molecule has 1 fully saturated rings. The predicted octanol–water partition coefficient (Wildman–Crippen LogP) is 2.70. The Labute approximate surface area is 274 Å². The Hall–Kier alpha value is -5.99. The van der Waals surface area contributed by atoms with E-state index in [2.05, 4.69) is 30.3 Å². The van der Waals surface area contributed by atoms with Crippen molar-refractivity contribution in [3.63, 3.8) is 0 Å². The topological polar surface area (TPSA) is 195 Å². The average Bonchev–Trinajstić information content (AvgIpc) is 3.69. The van der Waals surface area contributed by atoms with Crippen molar-refractivity contribution in [1.29, 1.82) is 0 Å². The lowest BCUT2D eigenvalue weighted by Crippen LogP contribution is -2.46. The van der Waals surface area contributed by atoms with Gasteiger partial charge in [0.1, 0.15) is 23.2 Å². The van der Waals surface area contributed by atoms with Gasteiger partial charge in [0.05, 0.1) is 33.2 Å². The van der Waals surface area contributed by atoms with Crippen LogP contribution >= 0.6 is 0 Å². The minimum Gasteiger partial charge on any atom is -0.504 e. The molecule has 3 N–H and O–H groups in total. The van der Waals surface area contributed by atoms with Gasteiger partial charge in [-0.3, -0.25) is 14.4 Å². The summed E-state index contributed by atoms with van der Waals surface area (Å²) in [6.45, 7) is 1.83. The monoisotopic (exact) mass is 656 g/mol. The summed E-state index contributed by atoms with van der Waals surface area (Å²) in [5.74, 6) is -0.458. The molecule has 0 spiro atoms. The van der Waals surface area contributed by atoms with E-state index in [0.717, 1.165) is 12.4 Å². The molecular weight excluding hydrogens is 624 g/mol. The molecule has 2 aromatic heterocycles. The van der Waals surface area contributed by atoms with Gasteiger partial charge in [0, 0.05) is 24.6 Å². The summed E-state index contributed by atoms with van der Waals surface area (Å²) in [7, 11) is 2.71. The van der Waals surface area contributed by atoms with Gasteiger partial charge in [0.15, 0.2) is 28.7 Å². The predicted molar refractivity (Wildman–Crippen MR) is 166 cm³/mol. The number of benzene rings is 2. The summed E-state index contributed by atoms with van der Waals surface area (Å²) in [5.41, 5.74) is 1.67. The molecule has 0 unspecified atom stereocenters. The third-order valence-corrected chi connectivity index (χ3v) is 8.14. The van der Waals surface area contributed by atoms with Crippen LogP contribution in [0.25, 0.3) is 11.5 Å². The van der Waals surface area contributed by atoms with Crippen molar-refractivity contribution in [3.8, 4) is 34.5 Å². The smallest absolute Gasteiger partial charge is 0.358 e. The van der Waals surface area contributed by atoms with Crippen LogP contribution in [0.5, 0.6) is 23.0 Å². The molecule has 6 bridgehead atoms. The van der Waals surface area contributed by atoms with E-state index < -0.39 is 29.9 Å². The molecule has 6 rings (SSSR count). The lowest BCUT2D eigenvalue weighted by molar-refractivity contribution is -0.138. The third kappa shape index (κ3) is 6.61. The Morgan fingerprint density at radius 1 is 1.04 bits per heavy atom. The summed E-state index contributed by atoms with van der Waals surface area (Å²) in [6, 6.07) is 8.45. The molecule has 0 radical (unpaired) electrons. The van der Waals surface area contributed by atoms with Crippen molar-refractivity contribution in [2.45, 2.75) is 44.8 Å². The van der Waals surface area contributed by atoms with Crippen LogP contribution in [0.2, 0.25) is 0 Å². The normalized spacial score (nSPS) is 17.7. The Kier molecular flexibility index (Phi) is 8.92. The SMILES string of the molecule is COC(=O)c1cnc(C(=O)N[C@H]2C[C@H]3C(=O)NCc4nc(oc4C)-c4ccc(OC)c(c4)Oc4cc(ccc4O)CCC(=O)N3C2)cn1. The van der Waals surface area contributed by atoms with E-state index in [4.69, 9.17) is 13.9 Å². The standard InChI is InChI=1S/C33H32N6O9/c1-17-21-13-36-31(43)24-12-20(37-30(42)22-14-35-23(15-34-22)33(44)46-3)16-39(24)29(41)9-5-18-4-7-25(40)27(10-18)48-28-11-19(32(38-21)47-17)6-8-26(28)45-2/h4,6-8,10-11,14-15,20,24,40H,5,9,12-13,16H2,1-3H3,(H,36,43)(H,37,42)/t20-,24-/m0/s1. The van der Waals surface area contributed by atoms with Gasteiger partial charge in [-0.25, -0.2) is 19.7 Å². The zero-order valence-corrected chi connectivity index (χ0v) is 26.3. The molecule has 2 aliphatic rings. The summed E-state index contributed by atoms with van der Waals surface area (Å²) in [4.78, 5) is 65.8. The highest BCUT2D eigenvalue weighted by Gasteiger charge is 2.40. The summed E-state index contributed by atoms with van der Waals surface area (Å²) in [6.07, 6.45) is 2.75. The molecule has 15 nitrogen and oxygen atoms in total. The van der Waals surface area contributed by atoms with Gasteiger partial charge in [-0.15, -0.1) is 0 Å². The number of aromatic nitrogens is 3. The van der Waals surface area contributed by atoms with Crippen molar-refractivity contribution in [2.24, 2.45) is 0 Å².